The van der Waals surface area contributed by atoms with Crippen LogP contribution in [0.25, 0.3) is 16.2 Å². The molecule has 106 valence electrons. The lowest BCUT2D eigenvalue weighted by molar-refractivity contribution is -0.117. The topological polar surface area (TPSA) is 76.5 Å². The zero-order chi connectivity index (χ0) is 14.7. The minimum absolute atomic E-state index is 0.124. The molecule has 21 heavy (non-hydrogen) atoms. The number of nitrogens with zero attached hydrogens (tertiary/aromatic N) is 4. The van der Waals surface area contributed by atoms with E-state index in [2.05, 4.69) is 16.1 Å². The summed E-state index contributed by atoms with van der Waals surface area (Å²) in [4.78, 5) is 19.6. The number of fused-ring (bicyclic) bond motifs is 2. The maximum Gasteiger partial charge on any atom is 0.241 e. The number of benzene rings is 1. The zero-order valence-corrected chi connectivity index (χ0v) is 12.4. The van der Waals surface area contributed by atoms with Gasteiger partial charge in [-0.3, -0.25) is 4.79 Å². The van der Waals surface area contributed by atoms with Crippen LogP contribution in [-0.4, -0.2) is 27.6 Å². The van der Waals surface area contributed by atoms with Gasteiger partial charge in [0.25, 0.3) is 0 Å². The summed E-state index contributed by atoms with van der Waals surface area (Å²) in [6.07, 6.45) is 0.450. The minimum atomic E-state index is 0.124. The smallest absolute Gasteiger partial charge is 0.241 e. The zero-order valence-electron chi connectivity index (χ0n) is 11.6. The van der Waals surface area contributed by atoms with E-state index < -0.39 is 0 Å². The Hall–Kier alpha value is -2.41. The maximum atomic E-state index is 11.8. The van der Waals surface area contributed by atoms with E-state index in [1.165, 1.54) is 0 Å². The highest BCUT2D eigenvalue weighted by atomic mass is 32.1. The molecular formula is C14H13N5OS. The molecule has 0 bridgehead atoms. The molecule has 7 heteroatoms. The molecule has 2 N–H and O–H groups in total. The van der Waals surface area contributed by atoms with Gasteiger partial charge < -0.3 is 10.6 Å². The quantitative estimate of drug-likeness (QED) is 0.744. The normalized spacial score (nSPS) is 14.2. The van der Waals surface area contributed by atoms with Crippen molar-refractivity contribution < 1.29 is 4.79 Å². The third-order valence-corrected chi connectivity index (χ3v) is 4.76. The molecule has 1 aliphatic heterocycles. The van der Waals surface area contributed by atoms with Gasteiger partial charge in [0.1, 0.15) is 0 Å². The summed E-state index contributed by atoms with van der Waals surface area (Å²) < 4.78 is 1.78. The summed E-state index contributed by atoms with van der Waals surface area (Å²) in [6.45, 7) is 2.04. The van der Waals surface area contributed by atoms with Crippen LogP contribution in [0, 0.1) is 6.92 Å². The molecule has 3 heterocycles. The highest BCUT2D eigenvalue weighted by molar-refractivity contribution is 7.17. The van der Waals surface area contributed by atoms with Crippen LogP contribution in [0.4, 0.5) is 11.6 Å². The van der Waals surface area contributed by atoms with Crippen molar-refractivity contribution in [2.24, 2.45) is 0 Å². The lowest BCUT2D eigenvalue weighted by Crippen LogP contribution is -2.20. The number of anilines is 2. The highest BCUT2D eigenvalue weighted by Gasteiger charge is 2.25. The van der Waals surface area contributed by atoms with E-state index in [4.69, 9.17) is 5.73 Å². The van der Waals surface area contributed by atoms with E-state index in [0.717, 1.165) is 32.3 Å². The van der Waals surface area contributed by atoms with Crippen molar-refractivity contribution in [2.75, 3.05) is 17.7 Å². The van der Waals surface area contributed by atoms with Crippen LogP contribution >= 0.6 is 11.3 Å². The molecule has 0 fully saturated rings. The summed E-state index contributed by atoms with van der Waals surface area (Å²) >= 11 is 1.56. The van der Waals surface area contributed by atoms with E-state index in [1.807, 2.05) is 19.1 Å². The van der Waals surface area contributed by atoms with Gasteiger partial charge in [-0.1, -0.05) is 17.4 Å². The van der Waals surface area contributed by atoms with Crippen LogP contribution in [0.15, 0.2) is 18.2 Å². The lowest BCUT2D eigenvalue weighted by Gasteiger charge is -2.10. The lowest BCUT2D eigenvalue weighted by atomic mass is 10.1. The Morgan fingerprint density at radius 1 is 1.38 bits per heavy atom. The Kier molecular flexibility index (Phi) is 2.38. The first-order valence-corrected chi connectivity index (χ1v) is 7.38. The Labute approximate surface area is 124 Å². The standard InChI is InChI=1S/C14H13N5OS/c1-7-12(19-14(21-7)16-13(15)17-19)8-3-4-10-9(5-8)6-11(20)18(10)2/h3-5H,6H2,1-2H3,(H2,15,17). The molecule has 0 spiro atoms. The second kappa shape index (κ2) is 4.05. The number of carbonyl (C=O) groups excluding carboxylic acids is 1. The largest absolute Gasteiger partial charge is 0.366 e. The molecule has 2 aromatic heterocycles. The Bertz CT molecular complexity index is 894. The van der Waals surface area contributed by atoms with Crippen LogP contribution in [0.1, 0.15) is 10.4 Å². The van der Waals surface area contributed by atoms with Crippen LogP contribution in [0.2, 0.25) is 0 Å². The van der Waals surface area contributed by atoms with Crippen molar-refractivity contribution in [1.82, 2.24) is 14.6 Å². The number of aromatic nitrogens is 3. The molecule has 0 saturated carbocycles. The molecular weight excluding hydrogens is 286 g/mol. The SMILES string of the molecule is Cc1sc2nc(N)nn2c1-c1ccc2c(c1)CC(=O)N2C. The molecule has 1 aromatic carbocycles. The average molecular weight is 299 g/mol. The molecule has 1 aliphatic rings. The van der Waals surface area contributed by atoms with Crippen LogP contribution in [0.5, 0.6) is 0 Å². The number of aryl methyl sites for hydroxylation is 1. The van der Waals surface area contributed by atoms with Gasteiger partial charge in [-0.2, -0.15) is 4.98 Å². The van der Waals surface area contributed by atoms with E-state index >= 15 is 0 Å². The number of rotatable bonds is 1. The van der Waals surface area contributed by atoms with Gasteiger partial charge in [0.2, 0.25) is 16.8 Å². The summed E-state index contributed by atoms with van der Waals surface area (Å²) in [5.41, 5.74) is 9.72. The monoisotopic (exact) mass is 299 g/mol. The molecule has 0 saturated heterocycles. The van der Waals surface area contributed by atoms with Crippen molar-refractivity contribution >= 4 is 33.8 Å². The van der Waals surface area contributed by atoms with Crippen molar-refractivity contribution in [3.63, 3.8) is 0 Å². The van der Waals surface area contributed by atoms with Crippen LogP contribution in [-0.2, 0) is 11.2 Å². The fraction of sp³-hybridized carbons (Fsp3) is 0.214. The van der Waals surface area contributed by atoms with Gasteiger partial charge in [-0.25, -0.2) is 4.52 Å². The molecule has 3 aromatic rings. The number of amides is 1. The minimum Gasteiger partial charge on any atom is -0.366 e. The highest BCUT2D eigenvalue weighted by Crippen LogP contribution is 2.35. The molecule has 0 unspecified atom stereocenters. The number of carbonyl (C=O) groups is 1. The maximum absolute atomic E-state index is 11.8. The average Bonchev–Trinajstić information content (AvgIpc) is 3.01. The van der Waals surface area contributed by atoms with Crippen molar-refractivity contribution in [3.05, 3.63) is 28.6 Å². The van der Waals surface area contributed by atoms with Gasteiger partial charge in [-0.05, 0) is 24.6 Å². The van der Waals surface area contributed by atoms with Crippen molar-refractivity contribution in [2.45, 2.75) is 13.3 Å². The van der Waals surface area contributed by atoms with Crippen LogP contribution < -0.4 is 10.6 Å². The first kappa shape index (κ1) is 12.3. The van der Waals surface area contributed by atoms with Gasteiger partial charge in [-0.15, -0.1) is 5.10 Å². The summed E-state index contributed by atoms with van der Waals surface area (Å²) in [5.74, 6) is 0.401. The number of thiazole rings is 1. The van der Waals surface area contributed by atoms with E-state index in [9.17, 15) is 4.79 Å². The Balaban J connectivity index is 1.92. The molecule has 4 rings (SSSR count). The second-order valence-electron chi connectivity index (χ2n) is 5.14. The number of nitrogens with two attached hydrogens (primary N) is 1. The fourth-order valence-corrected chi connectivity index (χ4v) is 3.73. The predicted octanol–water partition coefficient (Wildman–Crippen LogP) is 1.87. The van der Waals surface area contributed by atoms with Gasteiger partial charge in [0.05, 0.1) is 12.1 Å². The first-order chi connectivity index (χ1) is 10.0. The Morgan fingerprint density at radius 2 is 2.19 bits per heavy atom. The fourth-order valence-electron chi connectivity index (χ4n) is 2.80. The van der Waals surface area contributed by atoms with E-state index in [0.29, 0.717) is 6.42 Å². The van der Waals surface area contributed by atoms with Crippen LogP contribution in [0.3, 0.4) is 0 Å². The Morgan fingerprint density at radius 3 is 3.00 bits per heavy atom. The number of hydrogen-bond acceptors (Lipinski definition) is 5. The molecule has 6 nitrogen and oxygen atoms in total. The van der Waals surface area contributed by atoms with Gasteiger partial charge >= 0.3 is 0 Å². The third-order valence-electron chi connectivity index (χ3n) is 3.81. The number of nitrogen functional groups attached to an aromatic ring is 1. The number of hydrogen-bond donors (Lipinski definition) is 1. The van der Waals surface area contributed by atoms with E-state index in [1.54, 1.807) is 27.8 Å². The van der Waals surface area contributed by atoms with Crippen molar-refractivity contribution in [3.8, 4) is 11.3 Å². The molecule has 1 amide bonds. The predicted molar refractivity (Wildman–Crippen MR) is 82.6 cm³/mol. The molecule has 0 radical (unpaired) electrons. The first-order valence-electron chi connectivity index (χ1n) is 6.56. The number of likely N-dealkylation sites (N-methyl/N-ethyl adjacent to an activating group) is 1. The van der Waals surface area contributed by atoms with Gasteiger partial charge in [0.15, 0.2) is 0 Å². The van der Waals surface area contributed by atoms with Gasteiger partial charge in [0, 0.05) is 23.2 Å². The van der Waals surface area contributed by atoms with Crippen molar-refractivity contribution in [1.29, 1.82) is 0 Å². The third kappa shape index (κ3) is 1.67. The summed E-state index contributed by atoms with van der Waals surface area (Å²) in [7, 11) is 1.81. The molecule has 0 aliphatic carbocycles. The molecule has 0 atom stereocenters. The van der Waals surface area contributed by atoms with E-state index in [-0.39, 0.29) is 11.9 Å². The summed E-state index contributed by atoms with van der Waals surface area (Å²) in [6, 6.07) is 6.06. The summed E-state index contributed by atoms with van der Waals surface area (Å²) in [5, 5.41) is 4.25. The second-order valence-corrected chi connectivity index (χ2v) is 6.33.